The molecule has 0 unspecified atom stereocenters. The van der Waals surface area contributed by atoms with Gasteiger partial charge < -0.3 is 9.84 Å². The molecule has 0 aromatic rings. The van der Waals surface area contributed by atoms with Crippen LogP contribution in [0.2, 0.25) is 0 Å². The van der Waals surface area contributed by atoms with E-state index in [1.807, 2.05) is 0 Å². The summed E-state index contributed by atoms with van der Waals surface area (Å²) >= 11 is 0. The first-order chi connectivity index (χ1) is 4.95. The van der Waals surface area contributed by atoms with E-state index in [2.05, 4.69) is 4.74 Å². The zero-order valence-electron chi connectivity index (χ0n) is 5.90. The van der Waals surface area contributed by atoms with Gasteiger partial charge in [-0.3, -0.25) is 0 Å². The van der Waals surface area contributed by atoms with Crippen LogP contribution in [0, 0.1) is 0 Å². The Morgan fingerprint density at radius 1 is 1.64 bits per heavy atom. The number of rotatable bonds is 3. The maximum atomic E-state index is 10.4. The van der Waals surface area contributed by atoms with E-state index in [9.17, 15) is 13.2 Å². The molecule has 0 radical (unpaired) electrons. The lowest BCUT2D eigenvalue weighted by Crippen LogP contribution is -2.30. The molecule has 11 heavy (non-hydrogen) atoms. The second-order valence-corrected chi connectivity index (χ2v) is 3.48. The molecule has 0 aliphatic heterocycles. The van der Waals surface area contributed by atoms with E-state index in [-0.39, 0.29) is 13.2 Å². The standard InChI is InChI=1S/C4H9NO5S/c1-11(8,9)5-4(7)10-3-2-6/h6H,2-3H2,1H3,(H,5,7). The minimum Gasteiger partial charge on any atom is -0.446 e. The van der Waals surface area contributed by atoms with Crippen molar-refractivity contribution in [3.63, 3.8) is 0 Å². The minimum atomic E-state index is -3.56. The fourth-order valence-electron chi connectivity index (χ4n) is 0.319. The Balaban J connectivity index is 3.71. The molecule has 1 amide bonds. The Bertz CT molecular complexity index is 221. The monoisotopic (exact) mass is 183 g/mol. The predicted octanol–water partition coefficient (Wildman–Crippen LogP) is -1.34. The molecule has 0 fully saturated rings. The third kappa shape index (κ3) is 7.07. The van der Waals surface area contributed by atoms with Crippen LogP contribution in [0.15, 0.2) is 0 Å². The molecular weight excluding hydrogens is 174 g/mol. The first-order valence-corrected chi connectivity index (χ1v) is 4.60. The highest BCUT2D eigenvalue weighted by Gasteiger charge is 2.07. The Morgan fingerprint density at radius 3 is 2.55 bits per heavy atom. The fourth-order valence-corrected chi connectivity index (χ4v) is 0.681. The SMILES string of the molecule is CS(=O)(=O)NC(=O)OCCO. The first-order valence-electron chi connectivity index (χ1n) is 2.71. The van der Waals surface area contributed by atoms with Crippen molar-refractivity contribution in [3.8, 4) is 0 Å². The zero-order chi connectivity index (χ0) is 8.91. The molecular formula is C4H9NO5S. The number of hydrogen-bond donors (Lipinski definition) is 2. The maximum Gasteiger partial charge on any atom is 0.420 e. The van der Waals surface area contributed by atoms with Gasteiger partial charge in [0.1, 0.15) is 6.61 Å². The molecule has 0 aliphatic carbocycles. The lowest BCUT2D eigenvalue weighted by Gasteiger charge is -2.01. The molecule has 0 rings (SSSR count). The Kier molecular flexibility index (Phi) is 3.83. The van der Waals surface area contributed by atoms with Crippen LogP contribution in [0.5, 0.6) is 0 Å². The summed E-state index contributed by atoms with van der Waals surface area (Å²) in [4.78, 5) is 10.4. The molecule has 0 saturated carbocycles. The zero-order valence-corrected chi connectivity index (χ0v) is 6.72. The average Bonchev–Trinajstić information content (AvgIpc) is 1.79. The number of carbonyl (C=O) groups is 1. The number of carbonyl (C=O) groups excluding carboxylic acids is 1. The van der Waals surface area contributed by atoms with Gasteiger partial charge in [-0.2, -0.15) is 0 Å². The van der Waals surface area contributed by atoms with Crippen LogP contribution in [-0.2, 0) is 14.8 Å². The van der Waals surface area contributed by atoms with Crippen molar-refractivity contribution >= 4 is 16.1 Å². The lowest BCUT2D eigenvalue weighted by atomic mass is 10.8. The molecule has 0 spiro atoms. The van der Waals surface area contributed by atoms with E-state index in [4.69, 9.17) is 5.11 Å². The summed E-state index contributed by atoms with van der Waals surface area (Å²) in [5, 5.41) is 8.16. The van der Waals surface area contributed by atoms with Gasteiger partial charge in [0.05, 0.1) is 12.9 Å². The van der Waals surface area contributed by atoms with Crippen LogP contribution in [-0.4, -0.2) is 39.1 Å². The molecule has 0 aromatic carbocycles. The highest BCUT2D eigenvalue weighted by Crippen LogP contribution is 1.80. The van der Waals surface area contributed by atoms with E-state index >= 15 is 0 Å². The number of sulfonamides is 1. The Morgan fingerprint density at radius 2 is 2.18 bits per heavy atom. The second kappa shape index (κ2) is 4.14. The van der Waals surface area contributed by atoms with Crippen LogP contribution in [0.4, 0.5) is 4.79 Å². The molecule has 66 valence electrons. The molecule has 7 heteroatoms. The molecule has 0 bridgehead atoms. The topological polar surface area (TPSA) is 92.7 Å². The van der Waals surface area contributed by atoms with Gasteiger partial charge in [0.15, 0.2) is 0 Å². The van der Waals surface area contributed by atoms with E-state index in [1.165, 1.54) is 0 Å². The van der Waals surface area contributed by atoms with Crippen LogP contribution in [0.25, 0.3) is 0 Å². The van der Waals surface area contributed by atoms with E-state index in [0.29, 0.717) is 0 Å². The van der Waals surface area contributed by atoms with Gasteiger partial charge in [0, 0.05) is 0 Å². The molecule has 2 N–H and O–H groups in total. The van der Waals surface area contributed by atoms with Crippen molar-refractivity contribution in [1.82, 2.24) is 4.72 Å². The summed E-state index contributed by atoms with van der Waals surface area (Å²) in [5.74, 6) is 0. The quantitative estimate of drug-likeness (QED) is 0.565. The number of aliphatic hydroxyl groups is 1. The molecule has 0 atom stereocenters. The number of hydrogen-bond acceptors (Lipinski definition) is 5. The Labute approximate surface area is 64.2 Å². The van der Waals surface area contributed by atoms with Gasteiger partial charge in [-0.1, -0.05) is 0 Å². The largest absolute Gasteiger partial charge is 0.446 e. The van der Waals surface area contributed by atoms with Crippen molar-refractivity contribution in [1.29, 1.82) is 0 Å². The van der Waals surface area contributed by atoms with Crippen molar-refractivity contribution in [2.45, 2.75) is 0 Å². The number of aliphatic hydroxyl groups excluding tert-OH is 1. The summed E-state index contributed by atoms with van der Waals surface area (Å²) in [7, 11) is -3.56. The smallest absolute Gasteiger partial charge is 0.420 e. The van der Waals surface area contributed by atoms with Crippen LogP contribution >= 0.6 is 0 Å². The van der Waals surface area contributed by atoms with Gasteiger partial charge in [-0.25, -0.2) is 17.9 Å². The fraction of sp³-hybridized carbons (Fsp3) is 0.750. The Hall–Kier alpha value is -0.820. The third-order valence-corrected chi connectivity index (χ3v) is 1.13. The number of nitrogens with one attached hydrogen (secondary N) is 1. The summed E-state index contributed by atoms with van der Waals surface area (Å²) in [6, 6.07) is 0. The van der Waals surface area contributed by atoms with Crippen LogP contribution in [0.1, 0.15) is 0 Å². The minimum absolute atomic E-state index is 0.221. The van der Waals surface area contributed by atoms with Crippen molar-refractivity contribution < 1.29 is 23.1 Å². The maximum absolute atomic E-state index is 10.4. The molecule has 0 aliphatic rings. The lowest BCUT2D eigenvalue weighted by molar-refractivity contribution is 0.124. The van der Waals surface area contributed by atoms with Gasteiger partial charge in [0.2, 0.25) is 10.0 Å². The third-order valence-electron chi connectivity index (χ3n) is 0.593. The van der Waals surface area contributed by atoms with Gasteiger partial charge in [-0.05, 0) is 0 Å². The highest BCUT2D eigenvalue weighted by atomic mass is 32.2. The van der Waals surface area contributed by atoms with Gasteiger partial charge >= 0.3 is 6.09 Å². The molecule has 0 saturated heterocycles. The van der Waals surface area contributed by atoms with E-state index < -0.39 is 16.1 Å². The van der Waals surface area contributed by atoms with Crippen molar-refractivity contribution in [3.05, 3.63) is 0 Å². The van der Waals surface area contributed by atoms with Crippen molar-refractivity contribution in [2.24, 2.45) is 0 Å². The highest BCUT2D eigenvalue weighted by molar-refractivity contribution is 7.89. The normalized spacial score (nSPS) is 10.7. The molecule has 0 aromatic heterocycles. The molecule has 0 heterocycles. The van der Waals surface area contributed by atoms with Gasteiger partial charge in [0.25, 0.3) is 0 Å². The summed E-state index contributed by atoms with van der Waals surface area (Å²) < 4.78 is 26.4. The van der Waals surface area contributed by atoms with Crippen molar-refractivity contribution in [2.75, 3.05) is 19.5 Å². The average molecular weight is 183 g/mol. The van der Waals surface area contributed by atoms with Gasteiger partial charge in [-0.15, -0.1) is 0 Å². The number of ether oxygens (including phenoxy) is 1. The van der Waals surface area contributed by atoms with Crippen LogP contribution < -0.4 is 4.72 Å². The van der Waals surface area contributed by atoms with Crippen LogP contribution in [0.3, 0.4) is 0 Å². The number of amides is 1. The second-order valence-electron chi connectivity index (χ2n) is 1.73. The van der Waals surface area contributed by atoms with E-state index in [1.54, 1.807) is 4.72 Å². The predicted molar refractivity (Wildman–Crippen MR) is 36.4 cm³/mol. The summed E-state index contributed by atoms with van der Waals surface area (Å²) in [5.41, 5.74) is 0. The summed E-state index contributed by atoms with van der Waals surface area (Å²) in [6.07, 6.45) is -0.255. The first kappa shape index (κ1) is 10.2. The molecule has 6 nitrogen and oxygen atoms in total. The summed E-state index contributed by atoms with van der Waals surface area (Å²) in [6.45, 7) is -0.557. The van der Waals surface area contributed by atoms with E-state index in [0.717, 1.165) is 6.26 Å².